The van der Waals surface area contributed by atoms with Gasteiger partial charge < -0.3 is 15.2 Å². The summed E-state index contributed by atoms with van der Waals surface area (Å²) < 4.78 is 8.31. The van der Waals surface area contributed by atoms with Crippen LogP contribution in [0.15, 0.2) is 48.7 Å². The van der Waals surface area contributed by atoms with Crippen LogP contribution in [0.1, 0.15) is 84.6 Å². The number of benzene rings is 2. The number of hydrogen-bond donors (Lipinski definition) is 2. The van der Waals surface area contributed by atoms with Crippen molar-refractivity contribution < 1.29 is 19.4 Å². The van der Waals surface area contributed by atoms with Crippen LogP contribution >= 0.6 is 11.8 Å². The molecule has 1 aromatic heterocycles. The van der Waals surface area contributed by atoms with E-state index in [1.807, 2.05) is 56.6 Å². The Hall–Kier alpha value is -3.17. The summed E-state index contributed by atoms with van der Waals surface area (Å²) in [6.07, 6.45) is 12.5. The van der Waals surface area contributed by atoms with E-state index in [9.17, 15) is 14.7 Å². The quantitative estimate of drug-likeness (QED) is 0.230. The number of amides is 1. The molecule has 2 N–H and O–H groups in total. The van der Waals surface area contributed by atoms with Crippen molar-refractivity contribution in [3.05, 3.63) is 71.0 Å². The van der Waals surface area contributed by atoms with Gasteiger partial charge in [-0.1, -0.05) is 67.6 Å². The number of aromatic nitrogens is 3. The van der Waals surface area contributed by atoms with Crippen LogP contribution in [0, 0.1) is 12.8 Å². The zero-order valence-electron chi connectivity index (χ0n) is 24.3. The predicted octanol–water partition coefficient (Wildman–Crippen LogP) is 6.35. The molecule has 1 heterocycles. The van der Waals surface area contributed by atoms with Crippen molar-refractivity contribution >= 4 is 23.6 Å². The van der Waals surface area contributed by atoms with Gasteiger partial charge in [0.1, 0.15) is 12.1 Å². The second kappa shape index (κ2) is 15.2. The number of hydrogen-bond acceptors (Lipinski definition) is 6. The Morgan fingerprint density at radius 3 is 2.59 bits per heavy atom. The minimum absolute atomic E-state index is 0.130. The molecule has 0 spiro atoms. The van der Waals surface area contributed by atoms with E-state index in [4.69, 9.17) is 4.74 Å². The van der Waals surface area contributed by atoms with Crippen molar-refractivity contribution in [2.75, 3.05) is 12.0 Å². The van der Waals surface area contributed by atoms with Crippen LogP contribution in [0.2, 0.25) is 0 Å². The van der Waals surface area contributed by atoms with Gasteiger partial charge in [0.05, 0.1) is 18.5 Å². The highest BCUT2D eigenvalue weighted by atomic mass is 32.2. The average Bonchev–Trinajstić information content (AvgIpc) is 3.41. The largest absolute Gasteiger partial charge is 0.480 e. The zero-order valence-corrected chi connectivity index (χ0v) is 25.2. The lowest BCUT2D eigenvalue weighted by Gasteiger charge is -2.24. The maximum atomic E-state index is 13.4. The molecule has 4 rings (SSSR count). The number of ether oxygens (including phenoxy) is 1. The lowest BCUT2D eigenvalue weighted by Crippen LogP contribution is -2.41. The second-order valence-corrected chi connectivity index (χ2v) is 12.0. The summed E-state index contributed by atoms with van der Waals surface area (Å²) in [5.41, 5.74) is 5.07. The molecule has 2 aromatic carbocycles. The van der Waals surface area contributed by atoms with Gasteiger partial charge in [-0.3, -0.25) is 4.79 Å². The third kappa shape index (κ3) is 8.42. The predicted molar refractivity (Wildman–Crippen MR) is 163 cm³/mol. The normalized spacial score (nSPS) is 15.4. The maximum Gasteiger partial charge on any atom is 0.326 e. The van der Waals surface area contributed by atoms with Gasteiger partial charge in [-0.2, -0.15) is 11.8 Å². The van der Waals surface area contributed by atoms with Crippen molar-refractivity contribution in [1.29, 1.82) is 0 Å². The number of carboxylic acids is 1. The molecule has 1 saturated carbocycles. The van der Waals surface area contributed by atoms with Crippen molar-refractivity contribution in [2.45, 2.75) is 77.0 Å². The molecule has 9 heteroatoms. The highest BCUT2D eigenvalue weighted by molar-refractivity contribution is 7.98. The SMILES string of the molecule is CSCC[C@H](NC(=O)c1ccc(COC(CCC2CCCCC2)c2cnnn2C)cc1-c1ccccc1C)C(=O)O. The van der Waals surface area contributed by atoms with Gasteiger partial charge in [-0.25, -0.2) is 9.48 Å². The molecule has 41 heavy (non-hydrogen) atoms. The Morgan fingerprint density at radius 1 is 1.12 bits per heavy atom. The van der Waals surface area contributed by atoms with Crippen LogP contribution in [-0.4, -0.2) is 50.0 Å². The lowest BCUT2D eigenvalue weighted by molar-refractivity contribution is -0.139. The molecule has 8 nitrogen and oxygen atoms in total. The van der Waals surface area contributed by atoms with E-state index in [1.165, 1.54) is 32.1 Å². The van der Waals surface area contributed by atoms with Crippen LogP contribution in [0.4, 0.5) is 0 Å². The molecule has 0 saturated heterocycles. The van der Waals surface area contributed by atoms with Crippen molar-refractivity contribution in [1.82, 2.24) is 20.3 Å². The summed E-state index contributed by atoms with van der Waals surface area (Å²) in [4.78, 5) is 25.2. The van der Waals surface area contributed by atoms with E-state index >= 15 is 0 Å². The number of aliphatic carboxylic acids is 1. The monoisotopic (exact) mass is 578 g/mol. The summed E-state index contributed by atoms with van der Waals surface area (Å²) in [5.74, 6) is -0.0342. The van der Waals surface area contributed by atoms with Gasteiger partial charge >= 0.3 is 5.97 Å². The Kier molecular flexibility index (Phi) is 11.4. The Balaban J connectivity index is 1.56. The Bertz CT molecular complexity index is 1300. The van der Waals surface area contributed by atoms with E-state index < -0.39 is 17.9 Å². The Morgan fingerprint density at radius 2 is 1.90 bits per heavy atom. The first kappa shape index (κ1) is 30.8. The van der Waals surface area contributed by atoms with E-state index in [0.717, 1.165) is 46.7 Å². The highest BCUT2D eigenvalue weighted by Gasteiger charge is 2.24. The summed E-state index contributed by atoms with van der Waals surface area (Å²) in [5, 5.41) is 20.6. The lowest BCUT2D eigenvalue weighted by atomic mass is 9.85. The van der Waals surface area contributed by atoms with E-state index in [1.54, 1.807) is 28.7 Å². The maximum absolute atomic E-state index is 13.4. The molecule has 0 aliphatic heterocycles. The molecule has 1 amide bonds. The van der Waals surface area contributed by atoms with Gasteiger partial charge in [0.15, 0.2) is 0 Å². The second-order valence-electron chi connectivity index (χ2n) is 11.0. The first-order valence-corrected chi connectivity index (χ1v) is 15.9. The summed E-state index contributed by atoms with van der Waals surface area (Å²) in [6, 6.07) is 12.6. The smallest absolute Gasteiger partial charge is 0.326 e. The van der Waals surface area contributed by atoms with Crippen LogP contribution < -0.4 is 5.32 Å². The van der Waals surface area contributed by atoms with Gasteiger partial charge in [-0.05, 0) is 78.5 Å². The number of nitrogens with zero attached hydrogens (tertiary/aromatic N) is 3. The highest BCUT2D eigenvalue weighted by Crippen LogP contribution is 2.33. The number of thioether (sulfide) groups is 1. The molecule has 0 radical (unpaired) electrons. The molecule has 2 atom stereocenters. The van der Waals surface area contributed by atoms with Crippen molar-refractivity contribution in [2.24, 2.45) is 13.0 Å². The molecule has 1 aliphatic carbocycles. The third-order valence-electron chi connectivity index (χ3n) is 8.07. The van der Waals surface area contributed by atoms with Gasteiger partial charge in [0.2, 0.25) is 0 Å². The van der Waals surface area contributed by atoms with Gasteiger partial charge in [-0.15, -0.1) is 5.10 Å². The molecule has 3 aromatic rings. The van der Waals surface area contributed by atoms with E-state index in [-0.39, 0.29) is 6.10 Å². The average molecular weight is 579 g/mol. The standard InChI is InChI=1S/C32H42N4O4S/c1-22-9-7-8-12-25(22)27-19-24(13-15-26(27)31(37)34-28(32(38)39)17-18-41-3)21-40-30(29-20-33-35-36(29)2)16-14-23-10-5-4-6-11-23/h7-9,12-13,15,19-20,23,28,30H,4-6,10-11,14,16-18,21H2,1-3H3,(H,34,37)(H,38,39)/t28-,30?/m0/s1. The molecule has 0 bridgehead atoms. The van der Waals surface area contributed by atoms with Gasteiger partial charge in [0, 0.05) is 12.6 Å². The zero-order chi connectivity index (χ0) is 29.2. The molecular formula is C32H42N4O4S. The minimum atomic E-state index is -1.03. The topological polar surface area (TPSA) is 106 Å². The number of rotatable bonds is 14. The number of carboxylic acid groups (broad SMARTS) is 1. The Labute approximate surface area is 247 Å². The van der Waals surface area contributed by atoms with Crippen molar-refractivity contribution in [3.8, 4) is 11.1 Å². The number of nitrogens with one attached hydrogen (secondary N) is 1. The molecule has 1 unspecified atom stereocenters. The first-order chi connectivity index (χ1) is 19.9. The molecule has 1 fully saturated rings. The van der Waals surface area contributed by atoms with E-state index in [2.05, 4.69) is 15.6 Å². The number of aryl methyl sites for hydroxylation is 2. The van der Waals surface area contributed by atoms with Crippen LogP contribution in [0.3, 0.4) is 0 Å². The fourth-order valence-corrected chi connectivity index (χ4v) is 6.14. The third-order valence-corrected chi connectivity index (χ3v) is 8.71. The summed E-state index contributed by atoms with van der Waals surface area (Å²) in [6.45, 7) is 2.38. The summed E-state index contributed by atoms with van der Waals surface area (Å²) in [7, 11) is 1.90. The van der Waals surface area contributed by atoms with Gasteiger partial charge in [0.25, 0.3) is 5.91 Å². The number of carbonyl (C=O) groups is 2. The minimum Gasteiger partial charge on any atom is -0.480 e. The number of carbonyl (C=O) groups excluding carboxylic acids is 1. The van der Waals surface area contributed by atoms with E-state index in [0.29, 0.717) is 24.3 Å². The van der Waals surface area contributed by atoms with Crippen molar-refractivity contribution in [3.63, 3.8) is 0 Å². The first-order valence-electron chi connectivity index (χ1n) is 14.5. The fourth-order valence-electron chi connectivity index (χ4n) is 5.67. The van der Waals surface area contributed by atoms with Crippen LogP contribution in [0.25, 0.3) is 11.1 Å². The fraction of sp³-hybridized carbons (Fsp3) is 0.500. The summed E-state index contributed by atoms with van der Waals surface area (Å²) >= 11 is 1.56. The molecule has 220 valence electrons. The molecular weight excluding hydrogens is 536 g/mol. The van der Waals surface area contributed by atoms with Crippen LogP contribution in [0.5, 0.6) is 0 Å². The molecule has 1 aliphatic rings. The van der Waals surface area contributed by atoms with Crippen LogP contribution in [-0.2, 0) is 23.2 Å².